The van der Waals surface area contributed by atoms with Gasteiger partial charge in [-0.1, -0.05) is 13.3 Å². The molecular formula is C13H17BrN2O4. The number of nitrogens with one attached hydrogen (secondary N) is 2. The Morgan fingerprint density at radius 2 is 2.15 bits per heavy atom. The molecule has 1 aromatic carbocycles. The third kappa shape index (κ3) is 4.73. The quantitative estimate of drug-likeness (QED) is 0.740. The fourth-order valence-corrected chi connectivity index (χ4v) is 2.02. The molecule has 0 unspecified atom stereocenters. The molecule has 2 amide bonds. The van der Waals surface area contributed by atoms with Crippen molar-refractivity contribution < 1.29 is 19.4 Å². The van der Waals surface area contributed by atoms with Gasteiger partial charge in [0.15, 0.2) is 0 Å². The van der Waals surface area contributed by atoms with Crippen LogP contribution in [0.25, 0.3) is 0 Å². The lowest BCUT2D eigenvalue weighted by Crippen LogP contribution is -2.42. The van der Waals surface area contributed by atoms with Crippen LogP contribution >= 0.6 is 15.9 Å². The number of methoxy groups -OCH3 is 1. The Labute approximate surface area is 125 Å². The molecule has 0 aliphatic carbocycles. The van der Waals surface area contributed by atoms with Crippen LogP contribution in [-0.4, -0.2) is 30.3 Å². The third-order valence-corrected chi connectivity index (χ3v) is 3.24. The Bertz CT molecular complexity index is 493. The summed E-state index contributed by atoms with van der Waals surface area (Å²) in [5, 5.41) is 14.0. The van der Waals surface area contributed by atoms with Crippen LogP contribution in [0.1, 0.15) is 19.8 Å². The lowest BCUT2D eigenvalue weighted by molar-refractivity contribution is -0.139. The van der Waals surface area contributed by atoms with Crippen LogP contribution in [0.15, 0.2) is 22.7 Å². The van der Waals surface area contributed by atoms with Crippen molar-refractivity contribution >= 4 is 33.6 Å². The van der Waals surface area contributed by atoms with Crippen LogP contribution in [0, 0.1) is 0 Å². The summed E-state index contributed by atoms with van der Waals surface area (Å²) in [4.78, 5) is 22.7. The van der Waals surface area contributed by atoms with Crippen LogP contribution in [0.5, 0.6) is 5.75 Å². The highest BCUT2D eigenvalue weighted by atomic mass is 79.9. The lowest BCUT2D eigenvalue weighted by Gasteiger charge is -2.14. The summed E-state index contributed by atoms with van der Waals surface area (Å²) in [5.74, 6) is -0.471. The first-order valence-corrected chi connectivity index (χ1v) is 6.91. The first-order valence-electron chi connectivity index (χ1n) is 6.11. The van der Waals surface area contributed by atoms with Crippen LogP contribution < -0.4 is 15.4 Å². The number of urea groups is 1. The smallest absolute Gasteiger partial charge is 0.326 e. The van der Waals surface area contributed by atoms with Gasteiger partial charge in [0.2, 0.25) is 0 Å². The van der Waals surface area contributed by atoms with Gasteiger partial charge in [-0.05, 0) is 34.5 Å². The highest BCUT2D eigenvalue weighted by Gasteiger charge is 2.18. The molecule has 0 spiro atoms. The number of carboxylic acids is 1. The van der Waals surface area contributed by atoms with E-state index in [0.717, 1.165) is 4.47 Å². The van der Waals surface area contributed by atoms with Crippen molar-refractivity contribution in [3.63, 3.8) is 0 Å². The van der Waals surface area contributed by atoms with Crippen molar-refractivity contribution in [1.82, 2.24) is 5.32 Å². The number of anilines is 1. The first kappa shape index (κ1) is 16.3. The number of hydrogen-bond acceptors (Lipinski definition) is 3. The highest BCUT2D eigenvalue weighted by Crippen LogP contribution is 2.27. The summed E-state index contributed by atoms with van der Waals surface area (Å²) >= 11 is 3.31. The number of hydrogen-bond donors (Lipinski definition) is 3. The van der Waals surface area contributed by atoms with Crippen molar-refractivity contribution in [1.29, 1.82) is 0 Å². The van der Waals surface area contributed by atoms with Crippen molar-refractivity contribution in [2.45, 2.75) is 25.8 Å². The summed E-state index contributed by atoms with van der Waals surface area (Å²) in [7, 11) is 1.52. The third-order valence-electron chi connectivity index (χ3n) is 2.59. The van der Waals surface area contributed by atoms with Crippen molar-refractivity contribution in [3.8, 4) is 5.75 Å². The molecule has 1 atom stereocenters. The molecule has 0 fully saturated rings. The van der Waals surface area contributed by atoms with E-state index >= 15 is 0 Å². The number of halogens is 1. The Morgan fingerprint density at radius 1 is 1.45 bits per heavy atom. The van der Waals surface area contributed by atoms with Gasteiger partial charge in [-0.2, -0.15) is 0 Å². The number of aliphatic carboxylic acids is 1. The van der Waals surface area contributed by atoms with Crippen LogP contribution in [0.2, 0.25) is 0 Å². The molecule has 0 bridgehead atoms. The van der Waals surface area contributed by atoms with Crippen molar-refractivity contribution in [3.05, 3.63) is 22.7 Å². The number of benzene rings is 1. The summed E-state index contributed by atoms with van der Waals surface area (Å²) in [6.45, 7) is 1.86. The molecule has 1 rings (SSSR count). The van der Waals surface area contributed by atoms with Crippen LogP contribution in [0.4, 0.5) is 10.5 Å². The van der Waals surface area contributed by atoms with Gasteiger partial charge in [0, 0.05) is 11.8 Å². The maximum atomic E-state index is 11.7. The summed E-state index contributed by atoms with van der Waals surface area (Å²) in [5.41, 5.74) is 0.517. The van der Waals surface area contributed by atoms with Crippen molar-refractivity contribution in [2.24, 2.45) is 0 Å². The molecule has 20 heavy (non-hydrogen) atoms. The van der Waals surface area contributed by atoms with Gasteiger partial charge in [-0.3, -0.25) is 0 Å². The topological polar surface area (TPSA) is 87.7 Å². The predicted molar refractivity (Wildman–Crippen MR) is 79.2 cm³/mol. The molecule has 1 aromatic rings. The number of rotatable bonds is 6. The van der Waals surface area contributed by atoms with Gasteiger partial charge < -0.3 is 20.5 Å². The van der Waals surface area contributed by atoms with E-state index in [9.17, 15) is 9.59 Å². The van der Waals surface area contributed by atoms with E-state index < -0.39 is 18.0 Å². The van der Waals surface area contributed by atoms with E-state index in [-0.39, 0.29) is 0 Å². The van der Waals surface area contributed by atoms with Crippen LogP contribution in [-0.2, 0) is 4.79 Å². The zero-order valence-electron chi connectivity index (χ0n) is 11.3. The summed E-state index contributed by atoms with van der Waals surface area (Å²) in [6.07, 6.45) is 1.05. The number of carbonyl (C=O) groups excluding carboxylic acids is 1. The second-order valence-electron chi connectivity index (χ2n) is 4.13. The van der Waals surface area contributed by atoms with Gasteiger partial charge in [-0.15, -0.1) is 0 Å². The second-order valence-corrected chi connectivity index (χ2v) is 4.98. The number of carboxylic acid groups (broad SMARTS) is 1. The largest absolute Gasteiger partial charge is 0.495 e. The fourth-order valence-electron chi connectivity index (χ4n) is 1.61. The molecule has 3 N–H and O–H groups in total. The lowest BCUT2D eigenvalue weighted by atomic mass is 10.2. The fraction of sp³-hybridized carbons (Fsp3) is 0.385. The molecule has 0 heterocycles. The standard InChI is InChI=1S/C13H17BrN2O4/c1-3-4-10(12(17)18)16-13(19)15-8-5-6-9(14)11(7-8)20-2/h5-7,10H,3-4H2,1-2H3,(H,17,18)(H2,15,16,19)/t10-/m1/s1. The van der Waals surface area contributed by atoms with Gasteiger partial charge in [-0.25, -0.2) is 9.59 Å². The normalized spacial score (nSPS) is 11.6. The number of amides is 2. The van der Waals surface area contributed by atoms with Gasteiger partial charge in [0.1, 0.15) is 11.8 Å². The van der Waals surface area contributed by atoms with E-state index in [1.807, 2.05) is 6.92 Å². The Balaban J connectivity index is 2.68. The monoisotopic (exact) mass is 344 g/mol. The summed E-state index contributed by atoms with van der Waals surface area (Å²) < 4.78 is 5.88. The minimum Gasteiger partial charge on any atom is -0.495 e. The molecule has 7 heteroatoms. The molecule has 110 valence electrons. The predicted octanol–water partition coefficient (Wildman–Crippen LogP) is 2.83. The molecule has 0 saturated heterocycles. The summed E-state index contributed by atoms with van der Waals surface area (Å²) in [6, 6.07) is 3.60. The minimum atomic E-state index is -1.05. The number of carbonyl (C=O) groups is 2. The molecule has 0 aliphatic heterocycles. The Hall–Kier alpha value is -1.76. The SMILES string of the molecule is CCC[C@@H](NC(=O)Nc1ccc(Br)c(OC)c1)C(=O)O. The highest BCUT2D eigenvalue weighted by molar-refractivity contribution is 9.10. The average Bonchev–Trinajstić information content (AvgIpc) is 2.40. The average molecular weight is 345 g/mol. The maximum absolute atomic E-state index is 11.7. The van der Waals surface area contributed by atoms with E-state index in [0.29, 0.717) is 24.3 Å². The maximum Gasteiger partial charge on any atom is 0.326 e. The second kappa shape index (κ2) is 7.74. The van der Waals surface area contributed by atoms with E-state index in [2.05, 4.69) is 26.6 Å². The van der Waals surface area contributed by atoms with E-state index in [1.54, 1.807) is 18.2 Å². The number of ether oxygens (including phenoxy) is 1. The zero-order chi connectivity index (χ0) is 15.1. The van der Waals surface area contributed by atoms with Gasteiger partial charge in [0.25, 0.3) is 0 Å². The molecule has 0 radical (unpaired) electrons. The van der Waals surface area contributed by atoms with Crippen molar-refractivity contribution in [2.75, 3.05) is 12.4 Å². The first-order chi connectivity index (χ1) is 9.47. The minimum absolute atomic E-state index is 0.381. The van der Waals surface area contributed by atoms with E-state index in [4.69, 9.17) is 9.84 Å². The Kier molecular flexibility index (Phi) is 6.30. The van der Waals surface area contributed by atoms with Gasteiger partial charge >= 0.3 is 12.0 Å². The molecular weight excluding hydrogens is 328 g/mol. The van der Waals surface area contributed by atoms with E-state index in [1.165, 1.54) is 7.11 Å². The van der Waals surface area contributed by atoms with Gasteiger partial charge in [0.05, 0.1) is 11.6 Å². The van der Waals surface area contributed by atoms with Crippen LogP contribution in [0.3, 0.4) is 0 Å². The molecule has 0 aliphatic rings. The molecule has 0 saturated carbocycles. The Morgan fingerprint density at radius 3 is 2.70 bits per heavy atom. The molecule has 6 nitrogen and oxygen atoms in total. The zero-order valence-corrected chi connectivity index (χ0v) is 12.9. The molecule has 0 aromatic heterocycles.